The van der Waals surface area contributed by atoms with Gasteiger partial charge in [-0.05, 0) is 39.8 Å². The molecule has 0 radical (unpaired) electrons. The van der Waals surface area contributed by atoms with Gasteiger partial charge in [0.2, 0.25) is 0 Å². The lowest BCUT2D eigenvalue weighted by atomic mass is 10.1. The van der Waals surface area contributed by atoms with E-state index in [1.54, 1.807) is 19.1 Å². The van der Waals surface area contributed by atoms with E-state index in [0.717, 1.165) is 0 Å². The van der Waals surface area contributed by atoms with Crippen LogP contribution in [0.15, 0.2) is 23.2 Å². The zero-order chi connectivity index (χ0) is 13.8. The van der Waals surface area contributed by atoms with E-state index < -0.39 is 5.82 Å². The first-order valence-corrected chi connectivity index (χ1v) is 5.86. The smallest absolute Gasteiger partial charge is 0.193 e. The maximum atomic E-state index is 13.6. The second-order valence-electron chi connectivity index (χ2n) is 4.87. The van der Waals surface area contributed by atoms with Crippen LogP contribution in [0.5, 0.6) is 5.75 Å². The summed E-state index contributed by atoms with van der Waals surface area (Å²) in [5.74, 6) is 0.0610. The first kappa shape index (κ1) is 14.3. The van der Waals surface area contributed by atoms with E-state index in [4.69, 9.17) is 10.5 Å². The third-order valence-corrected chi connectivity index (χ3v) is 1.96. The van der Waals surface area contributed by atoms with Crippen LogP contribution < -0.4 is 15.8 Å². The largest absolute Gasteiger partial charge is 0.491 e. The van der Waals surface area contributed by atoms with E-state index in [2.05, 4.69) is 10.3 Å². The van der Waals surface area contributed by atoms with Gasteiger partial charge in [0.25, 0.3) is 0 Å². The lowest BCUT2D eigenvalue weighted by Gasteiger charge is -2.15. The van der Waals surface area contributed by atoms with Gasteiger partial charge in [0.05, 0.1) is 12.1 Å². The van der Waals surface area contributed by atoms with Crippen molar-refractivity contribution >= 4 is 11.6 Å². The SMILES string of the molecule is CCOc1ccc(NC(N)=NC(C)(C)C)cc1F. The van der Waals surface area contributed by atoms with Crippen LogP contribution >= 0.6 is 0 Å². The minimum Gasteiger partial charge on any atom is -0.491 e. The molecule has 0 aliphatic rings. The number of hydrogen-bond acceptors (Lipinski definition) is 2. The van der Waals surface area contributed by atoms with E-state index in [9.17, 15) is 4.39 Å². The molecule has 0 saturated carbocycles. The summed E-state index contributed by atoms with van der Waals surface area (Å²) < 4.78 is 18.7. The summed E-state index contributed by atoms with van der Waals surface area (Å²) in [6.45, 7) is 8.03. The number of anilines is 1. The van der Waals surface area contributed by atoms with Crippen molar-refractivity contribution in [2.75, 3.05) is 11.9 Å². The van der Waals surface area contributed by atoms with Crippen molar-refractivity contribution in [3.8, 4) is 5.75 Å². The molecule has 100 valence electrons. The molecule has 1 aromatic carbocycles. The highest BCUT2D eigenvalue weighted by Crippen LogP contribution is 2.21. The Morgan fingerprint density at radius 1 is 1.44 bits per heavy atom. The van der Waals surface area contributed by atoms with Gasteiger partial charge in [0.15, 0.2) is 17.5 Å². The van der Waals surface area contributed by atoms with Crippen LogP contribution in [-0.4, -0.2) is 18.1 Å². The molecule has 5 heteroatoms. The monoisotopic (exact) mass is 253 g/mol. The molecule has 3 N–H and O–H groups in total. The van der Waals surface area contributed by atoms with Crippen molar-refractivity contribution in [1.29, 1.82) is 0 Å². The Kier molecular flexibility index (Phi) is 4.53. The second-order valence-corrected chi connectivity index (χ2v) is 4.87. The van der Waals surface area contributed by atoms with E-state index in [1.807, 2.05) is 20.8 Å². The minimum absolute atomic E-state index is 0.231. The molecule has 0 aromatic heterocycles. The van der Waals surface area contributed by atoms with Gasteiger partial charge in [0.1, 0.15) is 0 Å². The molecule has 0 spiro atoms. The molecule has 1 rings (SSSR count). The Morgan fingerprint density at radius 3 is 2.61 bits per heavy atom. The predicted octanol–water partition coefficient (Wildman–Crippen LogP) is 2.75. The minimum atomic E-state index is -0.426. The fraction of sp³-hybridized carbons (Fsp3) is 0.462. The topological polar surface area (TPSA) is 59.6 Å². The molecule has 0 unspecified atom stereocenters. The van der Waals surface area contributed by atoms with Gasteiger partial charge in [-0.1, -0.05) is 0 Å². The third kappa shape index (κ3) is 4.61. The summed E-state index contributed by atoms with van der Waals surface area (Å²) in [4.78, 5) is 4.22. The normalized spacial score (nSPS) is 12.4. The number of aliphatic imine (C=N–C) groups is 1. The number of rotatable bonds is 3. The zero-order valence-electron chi connectivity index (χ0n) is 11.2. The Bertz CT molecular complexity index is 438. The Morgan fingerprint density at radius 2 is 2.11 bits per heavy atom. The Labute approximate surface area is 107 Å². The lowest BCUT2D eigenvalue weighted by Crippen LogP contribution is -2.27. The van der Waals surface area contributed by atoms with Gasteiger partial charge in [-0.2, -0.15) is 0 Å². The first-order valence-electron chi connectivity index (χ1n) is 5.86. The molecule has 0 amide bonds. The predicted molar refractivity (Wildman–Crippen MR) is 72.6 cm³/mol. The highest BCUT2D eigenvalue weighted by atomic mass is 19.1. The molecule has 1 aromatic rings. The van der Waals surface area contributed by atoms with Crippen LogP contribution in [0, 0.1) is 5.82 Å². The average Bonchev–Trinajstić information content (AvgIpc) is 2.19. The molecule has 0 aliphatic heterocycles. The third-order valence-electron chi connectivity index (χ3n) is 1.96. The van der Waals surface area contributed by atoms with Crippen LogP contribution in [-0.2, 0) is 0 Å². The molecule has 0 heterocycles. The second kappa shape index (κ2) is 5.71. The van der Waals surface area contributed by atoms with Crippen LogP contribution in [0.4, 0.5) is 10.1 Å². The molecule has 4 nitrogen and oxygen atoms in total. The average molecular weight is 253 g/mol. The summed E-state index contributed by atoms with van der Waals surface area (Å²) in [5, 5.41) is 2.84. The maximum absolute atomic E-state index is 13.6. The highest BCUT2D eigenvalue weighted by molar-refractivity contribution is 5.92. The number of nitrogens with two attached hydrogens (primary N) is 1. The first-order chi connectivity index (χ1) is 8.31. The number of halogens is 1. The highest BCUT2D eigenvalue weighted by Gasteiger charge is 2.09. The molecule has 0 fully saturated rings. The van der Waals surface area contributed by atoms with Crippen LogP contribution in [0.2, 0.25) is 0 Å². The molecule has 0 aliphatic carbocycles. The van der Waals surface area contributed by atoms with Crippen molar-refractivity contribution in [2.24, 2.45) is 10.7 Å². The van der Waals surface area contributed by atoms with E-state index in [1.165, 1.54) is 6.07 Å². The van der Waals surface area contributed by atoms with Crippen LogP contribution in [0.25, 0.3) is 0 Å². The summed E-state index contributed by atoms with van der Waals surface area (Å²) in [7, 11) is 0. The fourth-order valence-corrected chi connectivity index (χ4v) is 1.39. The number of nitrogens with one attached hydrogen (secondary N) is 1. The Balaban J connectivity index is 2.81. The standard InChI is InChI=1S/C13H20FN3O/c1-5-18-11-7-6-9(8-10(11)14)16-12(15)17-13(2,3)4/h6-8H,5H2,1-4H3,(H3,15,16,17). The van der Waals surface area contributed by atoms with Gasteiger partial charge in [-0.3, -0.25) is 0 Å². The van der Waals surface area contributed by atoms with Crippen molar-refractivity contribution in [1.82, 2.24) is 0 Å². The van der Waals surface area contributed by atoms with Crippen molar-refractivity contribution < 1.29 is 9.13 Å². The van der Waals surface area contributed by atoms with Gasteiger partial charge < -0.3 is 15.8 Å². The zero-order valence-corrected chi connectivity index (χ0v) is 11.2. The van der Waals surface area contributed by atoms with Gasteiger partial charge in [-0.15, -0.1) is 0 Å². The number of nitrogens with zero attached hydrogens (tertiary/aromatic N) is 1. The van der Waals surface area contributed by atoms with Crippen molar-refractivity contribution in [2.45, 2.75) is 33.2 Å². The van der Waals surface area contributed by atoms with E-state index >= 15 is 0 Å². The van der Waals surface area contributed by atoms with E-state index in [-0.39, 0.29) is 17.2 Å². The number of hydrogen-bond donors (Lipinski definition) is 2. The van der Waals surface area contributed by atoms with Crippen molar-refractivity contribution in [3.63, 3.8) is 0 Å². The number of guanidine groups is 1. The quantitative estimate of drug-likeness (QED) is 0.643. The van der Waals surface area contributed by atoms with Crippen LogP contribution in [0.3, 0.4) is 0 Å². The molecular weight excluding hydrogens is 233 g/mol. The number of ether oxygens (including phenoxy) is 1. The molecular formula is C13H20FN3O. The van der Waals surface area contributed by atoms with Gasteiger partial charge >= 0.3 is 0 Å². The molecule has 18 heavy (non-hydrogen) atoms. The maximum Gasteiger partial charge on any atom is 0.193 e. The van der Waals surface area contributed by atoms with Gasteiger partial charge in [-0.25, -0.2) is 9.38 Å². The summed E-state index contributed by atoms with van der Waals surface area (Å²) >= 11 is 0. The number of benzene rings is 1. The molecule has 0 bridgehead atoms. The van der Waals surface area contributed by atoms with Gasteiger partial charge in [0, 0.05) is 11.8 Å². The van der Waals surface area contributed by atoms with E-state index in [0.29, 0.717) is 12.3 Å². The Hall–Kier alpha value is -1.78. The molecule has 0 atom stereocenters. The summed E-state index contributed by atoms with van der Waals surface area (Å²) in [6.07, 6.45) is 0. The summed E-state index contributed by atoms with van der Waals surface area (Å²) in [5.41, 5.74) is 5.99. The fourth-order valence-electron chi connectivity index (χ4n) is 1.39. The van der Waals surface area contributed by atoms with Crippen LogP contribution in [0.1, 0.15) is 27.7 Å². The molecule has 0 saturated heterocycles. The lowest BCUT2D eigenvalue weighted by molar-refractivity contribution is 0.321. The van der Waals surface area contributed by atoms with Crippen molar-refractivity contribution in [3.05, 3.63) is 24.0 Å². The summed E-state index contributed by atoms with van der Waals surface area (Å²) in [6, 6.07) is 4.58.